The Hall–Kier alpha value is -2.39. The van der Waals surface area contributed by atoms with Crippen LogP contribution in [0.5, 0.6) is 0 Å². The highest BCUT2D eigenvalue weighted by Gasteiger charge is 2.18. The quantitative estimate of drug-likeness (QED) is 0.509. The molecule has 3 aromatic carbocycles. The van der Waals surface area contributed by atoms with Crippen molar-refractivity contribution in [3.8, 4) is 0 Å². The van der Waals surface area contributed by atoms with Gasteiger partial charge in [0.2, 0.25) is 0 Å². The second-order valence-corrected chi connectivity index (χ2v) is 7.91. The lowest BCUT2D eigenvalue weighted by Gasteiger charge is -2.23. The van der Waals surface area contributed by atoms with Crippen LogP contribution in [0.4, 0.5) is 0 Å². The highest BCUT2D eigenvalue weighted by Crippen LogP contribution is 2.32. The lowest BCUT2D eigenvalue weighted by molar-refractivity contribution is -0.138. The van der Waals surface area contributed by atoms with Crippen molar-refractivity contribution in [2.45, 2.75) is 51.7 Å². The summed E-state index contributed by atoms with van der Waals surface area (Å²) in [6.07, 6.45) is 3.26. The summed E-state index contributed by atoms with van der Waals surface area (Å²) < 4.78 is 4.55. The van der Waals surface area contributed by atoms with E-state index in [1.54, 1.807) is 0 Å². The first-order valence-electron chi connectivity index (χ1n) is 9.18. The van der Waals surface area contributed by atoms with Gasteiger partial charge in [-0.1, -0.05) is 48.5 Å². The number of fused-ring (bicyclic) bond motifs is 5. The maximum atomic E-state index is 9.60. The maximum Gasteiger partial charge on any atom is 0.293 e. The predicted octanol–water partition coefficient (Wildman–Crippen LogP) is 4.77. The minimum absolute atomic E-state index is 0.318. The number of rotatable bonds is 1. The standard InChI is InChI=1S/C18H17N.C5H10O2/c19-14-8-5-13-7-9-16-15-4-2-1-3-12(15)6-10-17(16)18(13)11-14;1-5(2,3)7-4-6/h1-4,6-7,9-10,14H,5,8,11,19H2;4H,1-3H3. The van der Waals surface area contributed by atoms with E-state index in [0.29, 0.717) is 12.5 Å². The Kier molecular flexibility index (Phi) is 5.28. The van der Waals surface area contributed by atoms with Crippen LogP contribution in [0.1, 0.15) is 38.3 Å². The first kappa shape index (κ1) is 18.4. The van der Waals surface area contributed by atoms with Gasteiger partial charge >= 0.3 is 0 Å². The summed E-state index contributed by atoms with van der Waals surface area (Å²) in [6, 6.07) is 18.0. The van der Waals surface area contributed by atoms with E-state index in [4.69, 9.17) is 5.73 Å². The summed E-state index contributed by atoms with van der Waals surface area (Å²) in [5, 5.41) is 5.43. The summed E-state index contributed by atoms with van der Waals surface area (Å²) in [5.74, 6) is 0. The van der Waals surface area contributed by atoms with Crippen molar-refractivity contribution in [3.63, 3.8) is 0 Å². The number of hydrogen-bond acceptors (Lipinski definition) is 3. The van der Waals surface area contributed by atoms with Crippen molar-refractivity contribution in [1.82, 2.24) is 0 Å². The monoisotopic (exact) mass is 349 g/mol. The van der Waals surface area contributed by atoms with Crippen molar-refractivity contribution in [1.29, 1.82) is 0 Å². The van der Waals surface area contributed by atoms with Crippen LogP contribution in [0.2, 0.25) is 0 Å². The van der Waals surface area contributed by atoms with Crippen LogP contribution in [0.25, 0.3) is 21.5 Å². The Morgan fingerprint density at radius 2 is 1.73 bits per heavy atom. The summed E-state index contributed by atoms with van der Waals surface area (Å²) >= 11 is 0. The van der Waals surface area contributed by atoms with Crippen molar-refractivity contribution >= 4 is 28.0 Å². The van der Waals surface area contributed by atoms with Crippen LogP contribution in [0.3, 0.4) is 0 Å². The molecule has 0 amide bonds. The predicted molar refractivity (Wildman–Crippen MR) is 108 cm³/mol. The molecule has 136 valence electrons. The third kappa shape index (κ3) is 4.05. The fourth-order valence-electron chi connectivity index (χ4n) is 3.52. The number of nitrogens with two attached hydrogens (primary N) is 1. The van der Waals surface area contributed by atoms with E-state index in [1.165, 1.54) is 32.7 Å². The molecule has 3 aromatic rings. The lowest BCUT2D eigenvalue weighted by Crippen LogP contribution is -2.27. The number of benzene rings is 3. The minimum Gasteiger partial charge on any atom is -0.462 e. The van der Waals surface area contributed by atoms with Crippen molar-refractivity contribution in [3.05, 3.63) is 59.7 Å². The van der Waals surface area contributed by atoms with Gasteiger partial charge in [0.15, 0.2) is 0 Å². The van der Waals surface area contributed by atoms with Gasteiger partial charge < -0.3 is 10.5 Å². The second kappa shape index (κ2) is 7.46. The van der Waals surface area contributed by atoms with E-state index in [9.17, 15) is 4.79 Å². The normalized spacial score (nSPS) is 16.5. The molecule has 3 heteroatoms. The molecule has 0 aromatic heterocycles. The molecular formula is C23H27NO2. The zero-order chi connectivity index (χ0) is 18.7. The molecule has 1 unspecified atom stereocenters. The number of carbonyl (C=O) groups is 1. The maximum absolute atomic E-state index is 9.60. The average molecular weight is 349 g/mol. The minimum atomic E-state index is -0.318. The SMILES string of the molecule is CC(C)(C)OC=O.NC1CCc2ccc3c(ccc4ccccc43)c2C1. The Labute approximate surface area is 155 Å². The molecule has 0 spiro atoms. The van der Waals surface area contributed by atoms with Gasteiger partial charge in [0, 0.05) is 6.04 Å². The molecule has 0 saturated carbocycles. The van der Waals surface area contributed by atoms with Crippen LogP contribution in [-0.2, 0) is 22.4 Å². The fraction of sp³-hybridized carbons (Fsp3) is 0.348. The Bertz CT molecular complexity index is 925. The molecule has 0 bridgehead atoms. The van der Waals surface area contributed by atoms with E-state index in [2.05, 4.69) is 53.3 Å². The molecule has 0 fully saturated rings. The van der Waals surface area contributed by atoms with Gasteiger partial charge in [-0.25, -0.2) is 0 Å². The van der Waals surface area contributed by atoms with Crippen molar-refractivity contribution < 1.29 is 9.53 Å². The van der Waals surface area contributed by atoms with E-state index in [-0.39, 0.29) is 5.60 Å². The van der Waals surface area contributed by atoms with Crippen LogP contribution < -0.4 is 5.73 Å². The number of aryl methyl sites for hydroxylation is 1. The summed E-state index contributed by atoms with van der Waals surface area (Å²) in [6.45, 7) is 5.92. The van der Waals surface area contributed by atoms with Gasteiger partial charge in [0.1, 0.15) is 5.60 Å². The third-order valence-electron chi connectivity index (χ3n) is 4.79. The molecule has 4 rings (SSSR count). The van der Waals surface area contributed by atoms with Gasteiger partial charge in [-0.05, 0) is 72.7 Å². The molecular weight excluding hydrogens is 322 g/mol. The molecule has 0 radical (unpaired) electrons. The number of carbonyl (C=O) groups excluding carboxylic acids is 1. The Morgan fingerprint density at radius 1 is 1.00 bits per heavy atom. The third-order valence-corrected chi connectivity index (χ3v) is 4.79. The van der Waals surface area contributed by atoms with Gasteiger partial charge in [0.05, 0.1) is 0 Å². The molecule has 3 nitrogen and oxygen atoms in total. The topological polar surface area (TPSA) is 52.3 Å². The smallest absolute Gasteiger partial charge is 0.293 e. The van der Waals surface area contributed by atoms with Gasteiger partial charge in [-0.15, -0.1) is 0 Å². The van der Waals surface area contributed by atoms with Gasteiger partial charge in [-0.3, -0.25) is 4.79 Å². The summed E-state index contributed by atoms with van der Waals surface area (Å²) in [4.78, 5) is 9.60. The van der Waals surface area contributed by atoms with E-state index >= 15 is 0 Å². The Morgan fingerprint density at radius 3 is 2.42 bits per heavy atom. The molecule has 0 aliphatic heterocycles. The molecule has 1 aliphatic rings. The van der Waals surface area contributed by atoms with Crippen LogP contribution in [0, 0.1) is 0 Å². The van der Waals surface area contributed by atoms with E-state index in [1.807, 2.05) is 20.8 Å². The fourth-order valence-corrected chi connectivity index (χ4v) is 3.52. The molecule has 26 heavy (non-hydrogen) atoms. The first-order valence-corrected chi connectivity index (χ1v) is 9.18. The number of ether oxygens (including phenoxy) is 1. The molecule has 0 heterocycles. The van der Waals surface area contributed by atoms with E-state index in [0.717, 1.165) is 19.3 Å². The van der Waals surface area contributed by atoms with Crippen LogP contribution in [-0.4, -0.2) is 18.1 Å². The highest BCUT2D eigenvalue weighted by atomic mass is 16.5. The molecule has 1 aliphatic carbocycles. The highest BCUT2D eigenvalue weighted by molar-refractivity contribution is 6.08. The van der Waals surface area contributed by atoms with Crippen LogP contribution in [0.15, 0.2) is 48.5 Å². The zero-order valence-corrected chi connectivity index (χ0v) is 15.8. The summed E-state index contributed by atoms with van der Waals surface area (Å²) in [5.41, 5.74) is 8.80. The summed E-state index contributed by atoms with van der Waals surface area (Å²) in [7, 11) is 0. The first-order chi connectivity index (χ1) is 12.4. The van der Waals surface area contributed by atoms with Gasteiger partial charge in [0.25, 0.3) is 6.47 Å². The average Bonchev–Trinajstić information content (AvgIpc) is 2.60. The lowest BCUT2D eigenvalue weighted by atomic mass is 9.84. The van der Waals surface area contributed by atoms with Crippen molar-refractivity contribution in [2.75, 3.05) is 0 Å². The van der Waals surface area contributed by atoms with Crippen LogP contribution >= 0.6 is 0 Å². The molecule has 2 N–H and O–H groups in total. The number of hydrogen-bond donors (Lipinski definition) is 1. The zero-order valence-electron chi connectivity index (χ0n) is 15.8. The second-order valence-electron chi connectivity index (χ2n) is 7.91. The van der Waals surface area contributed by atoms with E-state index < -0.39 is 0 Å². The Balaban J connectivity index is 0.000000242. The molecule has 1 atom stereocenters. The largest absolute Gasteiger partial charge is 0.462 e. The molecule has 0 saturated heterocycles. The van der Waals surface area contributed by atoms with Gasteiger partial charge in [-0.2, -0.15) is 0 Å². The van der Waals surface area contributed by atoms with Crippen molar-refractivity contribution in [2.24, 2.45) is 5.73 Å².